The number of ketones is 2. The van der Waals surface area contributed by atoms with Crippen LogP contribution in [0.4, 0.5) is 0 Å². The predicted octanol–water partition coefficient (Wildman–Crippen LogP) is 6.12. The van der Waals surface area contributed by atoms with Crippen LogP contribution in [0.1, 0.15) is 106 Å². The largest absolute Gasteiger partial charge is 0.307 e. The zero-order valence-electron chi connectivity index (χ0n) is 26.4. The third-order valence-electron chi connectivity index (χ3n) is 13.8. The molecule has 0 unspecified atom stereocenters. The first-order valence-electron chi connectivity index (χ1n) is 16.0. The number of allylic oxidation sites excluding steroid dienone is 4. The minimum Gasteiger partial charge on any atom is -0.307 e. The van der Waals surface area contributed by atoms with E-state index in [1.165, 1.54) is 0 Å². The van der Waals surface area contributed by atoms with Crippen molar-refractivity contribution in [2.24, 2.45) is 56.2 Å². The van der Waals surface area contributed by atoms with Gasteiger partial charge < -0.3 is 4.79 Å². The Balaban J connectivity index is 1.38. The Kier molecular flexibility index (Phi) is 6.21. The van der Waals surface area contributed by atoms with Crippen LogP contribution in [0.25, 0.3) is 4.85 Å². The van der Waals surface area contributed by atoms with Crippen LogP contribution in [0, 0.1) is 62.7 Å². The maximum Gasteiger partial charge on any atom is 0.244 e. The van der Waals surface area contributed by atoms with Crippen molar-refractivity contribution in [2.75, 3.05) is 0 Å². The lowest BCUT2D eigenvalue weighted by atomic mass is 9.34. The van der Waals surface area contributed by atoms with Crippen molar-refractivity contribution in [3.05, 3.63) is 34.8 Å². The highest BCUT2D eigenvalue weighted by Gasteiger charge is 2.69. The molecule has 0 aromatic carbocycles. The number of fused-ring (bicyclic) bond motifs is 7. The minimum absolute atomic E-state index is 0.0129. The Morgan fingerprint density at radius 2 is 1.57 bits per heavy atom. The number of Topliss-reactive ketones (excluding diaryl/α,β-unsaturated/α-hetero) is 1. The molecule has 42 heavy (non-hydrogen) atoms. The standard InChI is InChI=1S/C35H47N3O4/c1-30(2)24-11-12-34(6)25(33(24,5)19-22(36-8)27(30)40)17-23(39)26-21-18-32(4,29(42)38-37-28(41)20-9-10-20)14-13-31(21,3)15-16-35(26,34)7/h17,19-21,24,26H,9-16,18H2,1-7H3,(H,37,41)(H,38,42)/t21-,24-,26-,31+,32-,33-,34+,35+/m0/s1. The van der Waals surface area contributed by atoms with E-state index in [1.807, 2.05) is 32.9 Å². The highest BCUT2D eigenvalue weighted by molar-refractivity contribution is 6.03. The van der Waals surface area contributed by atoms with Gasteiger partial charge >= 0.3 is 0 Å². The van der Waals surface area contributed by atoms with E-state index in [9.17, 15) is 19.2 Å². The second kappa shape index (κ2) is 8.89. The molecule has 0 spiro atoms. The number of nitrogens with one attached hydrogen (secondary N) is 2. The first kappa shape index (κ1) is 29.3. The maximum atomic E-state index is 14.5. The van der Waals surface area contributed by atoms with Gasteiger partial charge in [-0.25, -0.2) is 4.85 Å². The first-order chi connectivity index (χ1) is 19.5. The third-order valence-corrected chi connectivity index (χ3v) is 13.8. The van der Waals surface area contributed by atoms with E-state index in [-0.39, 0.29) is 69.0 Å². The van der Waals surface area contributed by atoms with Gasteiger partial charge in [-0.3, -0.25) is 25.2 Å². The SMILES string of the molecule is [C-]#[N+]C1=C[C@]2(C)C3=CC(=O)[C@@H]4[C@@H]5C[C@@](C)(C(=O)NNC(=O)C6CC6)CC[C@]5(C)CC[C@@]4(C)[C@]3(C)CC[C@H]2C(C)(C)C1=O. The van der Waals surface area contributed by atoms with Gasteiger partial charge in [0.25, 0.3) is 0 Å². The number of carbonyl (C=O) groups is 4. The van der Waals surface area contributed by atoms with Crippen molar-refractivity contribution in [2.45, 2.75) is 106 Å². The molecule has 0 saturated heterocycles. The Morgan fingerprint density at radius 1 is 0.905 bits per heavy atom. The van der Waals surface area contributed by atoms with E-state index < -0.39 is 16.2 Å². The summed E-state index contributed by atoms with van der Waals surface area (Å²) in [6, 6.07) is 0. The molecule has 226 valence electrons. The van der Waals surface area contributed by atoms with Crippen LogP contribution in [0.5, 0.6) is 0 Å². The molecule has 0 bridgehead atoms. The van der Waals surface area contributed by atoms with Gasteiger partial charge in [-0.2, -0.15) is 0 Å². The maximum absolute atomic E-state index is 14.5. The van der Waals surface area contributed by atoms with Gasteiger partial charge in [0, 0.05) is 28.1 Å². The van der Waals surface area contributed by atoms with Gasteiger partial charge in [0.1, 0.15) is 0 Å². The van der Waals surface area contributed by atoms with Crippen LogP contribution < -0.4 is 10.9 Å². The summed E-state index contributed by atoms with van der Waals surface area (Å²) < 4.78 is 0. The molecule has 0 radical (unpaired) electrons. The van der Waals surface area contributed by atoms with Gasteiger partial charge in [-0.15, -0.1) is 0 Å². The molecule has 6 aliphatic rings. The summed E-state index contributed by atoms with van der Waals surface area (Å²) in [6.45, 7) is 22.8. The van der Waals surface area contributed by atoms with E-state index in [2.05, 4.69) is 43.4 Å². The first-order valence-corrected chi connectivity index (χ1v) is 16.0. The van der Waals surface area contributed by atoms with Gasteiger partial charge in [-0.1, -0.05) is 60.1 Å². The normalized spacial score (nSPS) is 45.5. The molecule has 7 heteroatoms. The lowest BCUT2D eigenvalue weighted by Crippen LogP contribution is -2.65. The summed E-state index contributed by atoms with van der Waals surface area (Å²) in [6.07, 6.45) is 11.5. The summed E-state index contributed by atoms with van der Waals surface area (Å²) in [7, 11) is 0. The number of rotatable bonds is 2. The number of nitrogens with zero attached hydrogens (tertiary/aromatic N) is 1. The van der Waals surface area contributed by atoms with Gasteiger partial charge in [-0.05, 0) is 91.9 Å². The Bertz CT molecular complexity index is 1400. The minimum atomic E-state index is -0.676. The number of hydrogen-bond acceptors (Lipinski definition) is 4. The summed E-state index contributed by atoms with van der Waals surface area (Å²) in [5.74, 6) is -0.338. The van der Waals surface area contributed by atoms with Crippen molar-refractivity contribution < 1.29 is 19.2 Å². The zero-order chi connectivity index (χ0) is 30.7. The third kappa shape index (κ3) is 3.75. The monoisotopic (exact) mass is 573 g/mol. The Morgan fingerprint density at radius 3 is 2.21 bits per heavy atom. The highest BCUT2D eigenvalue weighted by atomic mass is 16.2. The van der Waals surface area contributed by atoms with Gasteiger partial charge in [0.05, 0.1) is 6.57 Å². The second-order valence-electron chi connectivity index (χ2n) is 16.5. The lowest BCUT2D eigenvalue weighted by Gasteiger charge is -2.69. The van der Waals surface area contributed by atoms with Crippen molar-refractivity contribution in [1.82, 2.24) is 10.9 Å². The molecule has 4 saturated carbocycles. The molecule has 0 aliphatic heterocycles. The number of carbonyl (C=O) groups excluding carboxylic acids is 4. The fourth-order valence-corrected chi connectivity index (χ4v) is 10.6. The van der Waals surface area contributed by atoms with Crippen molar-refractivity contribution in [3.8, 4) is 0 Å². The van der Waals surface area contributed by atoms with E-state index in [1.54, 1.807) is 0 Å². The lowest BCUT2D eigenvalue weighted by molar-refractivity contribution is -0.172. The highest BCUT2D eigenvalue weighted by Crippen LogP contribution is 2.74. The zero-order valence-corrected chi connectivity index (χ0v) is 26.4. The molecule has 6 rings (SSSR count). The molecule has 2 N–H and O–H groups in total. The molecule has 0 aromatic rings. The van der Waals surface area contributed by atoms with E-state index in [4.69, 9.17) is 6.57 Å². The summed E-state index contributed by atoms with van der Waals surface area (Å²) in [5, 5.41) is 0. The second-order valence-corrected chi connectivity index (χ2v) is 16.5. The number of hydrogen-bond donors (Lipinski definition) is 2. The van der Waals surface area contributed by atoms with Crippen LogP contribution in [-0.2, 0) is 19.2 Å². The summed E-state index contributed by atoms with van der Waals surface area (Å²) in [5.41, 5.74) is 4.17. The molecule has 2 amide bonds. The molecule has 6 aliphatic carbocycles. The molecule has 0 aromatic heterocycles. The van der Waals surface area contributed by atoms with Crippen LogP contribution in [-0.4, -0.2) is 23.4 Å². The topological polar surface area (TPSA) is 96.7 Å². The smallest absolute Gasteiger partial charge is 0.244 e. The van der Waals surface area contributed by atoms with Gasteiger partial charge in [0.15, 0.2) is 11.6 Å². The number of amides is 2. The average Bonchev–Trinajstić information content (AvgIpc) is 3.77. The summed E-state index contributed by atoms with van der Waals surface area (Å²) in [4.78, 5) is 57.2. The van der Waals surface area contributed by atoms with Crippen LogP contribution in [0.2, 0.25) is 0 Å². The Hall–Kier alpha value is -2.75. The quantitative estimate of drug-likeness (QED) is 0.307. The molecule has 4 fully saturated rings. The molecule has 0 heterocycles. The molecule has 8 atom stereocenters. The predicted molar refractivity (Wildman–Crippen MR) is 159 cm³/mol. The van der Waals surface area contributed by atoms with Crippen LogP contribution >= 0.6 is 0 Å². The van der Waals surface area contributed by atoms with E-state index >= 15 is 0 Å². The fraction of sp³-hybridized carbons (Fsp3) is 0.743. The Labute approximate surface area is 250 Å². The van der Waals surface area contributed by atoms with E-state index in [0.717, 1.165) is 56.9 Å². The number of hydrazine groups is 1. The van der Waals surface area contributed by atoms with E-state index in [0.29, 0.717) is 6.42 Å². The van der Waals surface area contributed by atoms with Crippen molar-refractivity contribution in [1.29, 1.82) is 0 Å². The molecular formula is C35H47N3O4. The van der Waals surface area contributed by atoms with Crippen molar-refractivity contribution >= 4 is 23.4 Å². The fourth-order valence-electron chi connectivity index (χ4n) is 10.6. The summed E-state index contributed by atoms with van der Waals surface area (Å²) >= 11 is 0. The average molecular weight is 574 g/mol. The van der Waals surface area contributed by atoms with Crippen LogP contribution in [0.15, 0.2) is 23.4 Å². The molecular weight excluding hydrogens is 526 g/mol. The van der Waals surface area contributed by atoms with Crippen LogP contribution in [0.3, 0.4) is 0 Å². The molecule has 7 nitrogen and oxygen atoms in total. The van der Waals surface area contributed by atoms with Gasteiger partial charge in [0.2, 0.25) is 17.5 Å². The van der Waals surface area contributed by atoms with Crippen molar-refractivity contribution in [3.63, 3.8) is 0 Å².